The Bertz CT molecular complexity index is 1150. The van der Waals surface area contributed by atoms with Crippen molar-refractivity contribution in [3.63, 3.8) is 0 Å². The van der Waals surface area contributed by atoms with Gasteiger partial charge in [-0.3, -0.25) is 0 Å². The standard InChI is InChI=1S/C21H16F2O6/c1-26-18-9-11(5-8-16(18)29-21(22)23)19(24)27-12-6-7-14-13-3-2-4-15(13)20(25)28-17(14)10-12/h5-10,21H,2-4H2,1H3. The number of rotatable bonds is 5. The number of methoxy groups -OCH3 is 1. The smallest absolute Gasteiger partial charge is 0.387 e. The summed E-state index contributed by atoms with van der Waals surface area (Å²) < 4.78 is 44.9. The van der Waals surface area contributed by atoms with Crippen LogP contribution in [0.2, 0.25) is 0 Å². The van der Waals surface area contributed by atoms with Crippen LogP contribution in [0.3, 0.4) is 0 Å². The fraction of sp³-hybridized carbons (Fsp3) is 0.238. The van der Waals surface area contributed by atoms with Gasteiger partial charge in [-0.05, 0) is 55.2 Å². The quantitative estimate of drug-likeness (QED) is 0.363. The molecule has 0 aliphatic heterocycles. The molecule has 0 atom stereocenters. The van der Waals surface area contributed by atoms with Gasteiger partial charge in [0.25, 0.3) is 0 Å². The van der Waals surface area contributed by atoms with Crippen LogP contribution in [0.15, 0.2) is 45.6 Å². The number of aryl methyl sites for hydroxylation is 1. The number of ether oxygens (including phenoxy) is 3. The Morgan fingerprint density at radius 3 is 2.62 bits per heavy atom. The van der Waals surface area contributed by atoms with Gasteiger partial charge in [-0.1, -0.05) is 0 Å². The maximum Gasteiger partial charge on any atom is 0.387 e. The molecular weight excluding hydrogens is 386 g/mol. The van der Waals surface area contributed by atoms with Crippen LogP contribution >= 0.6 is 0 Å². The molecule has 0 saturated heterocycles. The molecule has 1 aliphatic carbocycles. The van der Waals surface area contributed by atoms with E-state index in [1.165, 1.54) is 31.4 Å². The Balaban J connectivity index is 1.61. The lowest BCUT2D eigenvalue weighted by atomic mass is 10.1. The summed E-state index contributed by atoms with van der Waals surface area (Å²) in [4.78, 5) is 24.6. The van der Waals surface area contributed by atoms with E-state index < -0.39 is 12.6 Å². The predicted molar refractivity (Wildman–Crippen MR) is 99.1 cm³/mol. The first-order chi connectivity index (χ1) is 14.0. The molecule has 6 nitrogen and oxygen atoms in total. The number of hydrogen-bond donors (Lipinski definition) is 0. The maximum atomic E-state index is 12.4. The van der Waals surface area contributed by atoms with Gasteiger partial charge in [-0.15, -0.1) is 0 Å². The topological polar surface area (TPSA) is 75.0 Å². The van der Waals surface area contributed by atoms with Crippen molar-refractivity contribution in [1.29, 1.82) is 0 Å². The molecule has 150 valence electrons. The Kier molecular flexibility index (Phi) is 4.92. The minimum Gasteiger partial charge on any atom is -0.493 e. The molecule has 0 radical (unpaired) electrons. The lowest BCUT2D eigenvalue weighted by molar-refractivity contribution is -0.0512. The van der Waals surface area contributed by atoms with E-state index in [0.29, 0.717) is 17.6 Å². The third kappa shape index (κ3) is 3.65. The summed E-state index contributed by atoms with van der Waals surface area (Å²) >= 11 is 0. The number of esters is 1. The number of alkyl halides is 2. The van der Waals surface area contributed by atoms with Crippen molar-refractivity contribution >= 4 is 16.9 Å². The molecule has 1 heterocycles. The van der Waals surface area contributed by atoms with Gasteiger partial charge < -0.3 is 18.6 Å². The van der Waals surface area contributed by atoms with Gasteiger partial charge in [-0.2, -0.15) is 8.78 Å². The highest BCUT2D eigenvalue weighted by atomic mass is 19.3. The van der Waals surface area contributed by atoms with E-state index in [2.05, 4.69) is 4.74 Å². The highest BCUT2D eigenvalue weighted by Crippen LogP contribution is 2.31. The van der Waals surface area contributed by atoms with E-state index in [9.17, 15) is 18.4 Å². The number of carbonyl (C=O) groups excluding carboxylic acids is 1. The molecule has 2 aromatic carbocycles. The van der Waals surface area contributed by atoms with E-state index in [0.717, 1.165) is 23.8 Å². The molecule has 0 bridgehead atoms. The number of benzene rings is 2. The van der Waals surface area contributed by atoms with Gasteiger partial charge in [0.15, 0.2) is 11.5 Å². The average Bonchev–Trinajstić information content (AvgIpc) is 3.18. The van der Waals surface area contributed by atoms with Gasteiger partial charge in [0.1, 0.15) is 11.3 Å². The Morgan fingerprint density at radius 2 is 1.86 bits per heavy atom. The number of hydrogen-bond acceptors (Lipinski definition) is 6. The minimum absolute atomic E-state index is 0.0279. The molecule has 0 unspecified atom stereocenters. The van der Waals surface area contributed by atoms with Crippen LogP contribution in [-0.2, 0) is 12.8 Å². The lowest BCUT2D eigenvalue weighted by Gasteiger charge is -2.11. The monoisotopic (exact) mass is 402 g/mol. The molecule has 29 heavy (non-hydrogen) atoms. The van der Waals surface area contributed by atoms with Crippen LogP contribution < -0.4 is 19.8 Å². The summed E-state index contributed by atoms with van der Waals surface area (Å²) in [5.74, 6) is -0.759. The second-order valence-electron chi connectivity index (χ2n) is 6.49. The number of fused-ring (bicyclic) bond motifs is 3. The fourth-order valence-corrected chi connectivity index (χ4v) is 3.48. The van der Waals surface area contributed by atoms with Gasteiger partial charge in [0, 0.05) is 17.0 Å². The summed E-state index contributed by atoms with van der Waals surface area (Å²) in [7, 11) is 1.27. The molecule has 1 aliphatic rings. The van der Waals surface area contributed by atoms with Crippen LogP contribution in [0.4, 0.5) is 8.78 Å². The highest BCUT2D eigenvalue weighted by molar-refractivity contribution is 5.92. The predicted octanol–water partition coefficient (Wildman–Crippen LogP) is 4.11. The van der Waals surface area contributed by atoms with Crippen LogP contribution in [0.25, 0.3) is 11.0 Å². The van der Waals surface area contributed by atoms with Crippen LogP contribution in [0, 0.1) is 0 Å². The number of carbonyl (C=O) groups is 1. The van der Waals surface area contributed by atoms with Crippen molar-refractivity contribution in [2.75, 3.05) is 7.11 Å². The van der Waals surface area contributed by atoms with Gasteiger partial charge in [0.05, 0.1) is 12.7 Å². The molecule has 8 heteroatoms. The molecule has 0 spiro atoms. The third-order valence-corrected chi connectivity index (χ3v) is 4.77. The average molecular weight is 402 g/mol. The van der Waals surface area contributed by atoms with Crippen LogP contribution in [0.1, 0.15) is 27.9 Å². The van der Waals surface area contributed by atoms with Crippen LogP contribution in [0.5, 0.6) is 17.2 Å². The zero-order chi connectivity index (χ0) is 20.5. The van der Waals surface area contributed by atoms with E-state index >= 15 is 0 Å². The molecular formula is C21H16F2O6. The van der Waals surface area contributed by atoms with E-state index in [-0.39, 0.29) is 28.4 Å². The minimum atomic E-state index is -3.02. The van der Waals surface area contributed by atoms with Gasteiger partial charge in [-0.25, -0.2) is 9.59 Å². The second-order valence-corrected chi connectivity index (χ2v) is 6.49. The van der Waals surface area contributed by atoms with E-state index in [4.69, 9.17) is 13.9 Å². The van der Waals surface area contributed by atoms with Crippen molar-refractivity contribution in [1.82, 2.24) is 0 Å². The molecule has 4 rings (SSSR count). The summed E-state index contributed by atoms with van der Waals surface area (Å²) in [5, 5.41) is 0.826. The van der Waals surface area contributed by atoms with Gasteiger partial charge >= 0.3 is 18.2 Å². The second kappa shape index (κ2) is 7.54. The fourth-order valence-electron chi connectivity index (χ4n) is 3.48. The van der Waals surface area contributed by atoms with Crippen molar-refractivity contribution in [3.05, 3.63) is 63.5 Å². The Morgan fingerprint density at radius 1 is 1.07 bits per heavy atom. The molecule has 1 aromatic heterocycles. The largest absolute Gasteiger partial charge is 0.493 e. The molecule has 0 fully saturated rings. The van der Waals surface area contributed by atoms with Crippen molar-refractivity contribution in [2.24, 2.45) is 0 Å². The first kappa shape index (κ1) is 18.9. The number of halogens is 2. The Labute approximate surface area is 163 Å². The zero-order valence-electron chi connectivity index (χ0n) is 15.4. The molecule has 0 N–H and O–H groups in total. The SMILES string of the molecule is COc1cc(C(=O)Oc2ccc3c4c(c(=O)oc3c2)CCC4)ccc1OC(F)F. The zero-order valence-corrected chi connectivity index (χ0v) is 15.4. The highest BCUT2D eigenvalue weighted by Gasteiger charge is 2.20. The molecule has 0 amide bonds. The summed E-state index contributed by atoms with van der Waals surface area (Å²) in [6.07, 6.45) is 2.42. The third-order valence-electron chi connectivity index (χ3n) is 4.77. The Hall–Kier alpha value is -3.42. The van der Waals surface area contributed by atoms with Crippen molar-refractivity contribution in [3.8, 4) is 17.2 Å². The molecule has 0 saturated carbocycles. The first-order valence-electron chi connectivity index (χ1n) is 8.90. The summed E-state index contributed by atoms with van der Waals surface area (Å²) in [6.45, 7) is -3.02. The van der Waals surface area contributed by atoms with Crippen LogP contribution in [-0.4, -0.2) is 19.7 Å². The van der Waals surface area contributed by atoms with E-state index in [1.54, 1.807) is 12.1 Å². The van der Waals surface area contributed by atoms with Gasteiger partial charge in [0.2, 0.25) is 0 Å². The lowest BCUT2D eigenvalue weighted by Crippen LogP contribution is -2.10. The summed E-state index contributed by atoms with van der Waals surface area (Å²) in [5.41, 5.74) is 1.75. The van der Waals surface area contributed by atoms with Crippen molar-refractivity contribution in [2.45, 2.75) is 25.9 Å². The van der Waals surface area contributed by atoms with E-state index in [1.807, 2.05) is 0 Å². The molecule has 3 aromatic rings. The normalized spacial score (nSPS) is 12.8. The van der Waals surface area contributed by atoms with Crippen molar-refractivity contribution < 1.29 is 32.2 Å². The first-order valence-corrected chi connectivity index (χ1v) is 8.90. The maximum absolute atomic E-state index is 12.4. The summed E-state index contributed by atoms with van der Waals surface area (Å²) in [6, 6.07) is 8.59.